The van der Waals surface area contributed by atoms with Crippen LogP contribution >= 0.6 is 0 Å². The molecule has 6 heteroatoms. The van der Waals surface area contributed by atoms with Gasteiger partial charge in [0.2, 0.25) is 0 Å². The molecular weight excluding hydrogens is 243 g/mol. The second kappa shape index (κ2) is 5.11. The van der Waals surface area contributed by atoms with Crippen LogP contribution in [-0.2, 0) is 9.31 Å². The number of aliphatic hydroxyl groups is 1. The Kier molecular flexibility index (Phi) is 3.85. The van der Waals surface area contributed by atoms with Crippen LogP contribution in [0, 0.1) is 0 Å². The lowest BCUT2D eigenvalue weighted by atomic mass is 9.84. The van der Waals surface area contributed by atoms with E-state index in [9.17, 15) is 0 Å². The number of anilines is 1. The van der Waals surface area contributed by atoms with Gasteiger partial charge in [-0.2, -0.15) is 0 Å². The van der Waals surface area contributed by atoms with Crippen molar-refractivity contribution in [1.82, 2.24) is 4.98 Å². The van der Waals surface area contributed by atoms with E-state index >= 15 is 0 Å². The first kappa shape index (κ1) is 14.3. The molecule has 0 radical (unpaired) electrons. The molecule has 1 fully saturated rings. The Bertz CT molecular complexity index is 435. The van der Waals surface area contributed by atoms with Gasteiger partial charge in [0.1, 0.15) is 5.82 Å². The van der Waals surface area contributed by atoms with Crippen LogP contribution in [0.4, 0.5) is 5.82 Å². The van der Waals surface area contributed by atoms with Crippen LogP contribution in [-0.4, -0.2) is 41.6 Å². The summed E-state index contributed by atoms with van der Waals surface area (Å²) in [5.41, 5.74) is 0.00322. The first-order chi connectivity index (χ1) is 8.86. The predicted molar refractivity (Wildman–Crippen MR) is 75.5 cm³/mol. The number of aromatic nitrogens is 1. The smallest absolute Gasteiger partial charge is 0.398 e. The highest BCUT2D eigenvalue weighted by Gasteiger charge is 2.52. The zero-order valence-electron chi connectivity index (χ0n) is 11.9. The van der Waals surface area contributed by atoms with Crippen molar-refractivity contribution in [2.75, 3.05) is 18.5 Å². The zero-order chi connectivity index (χ0) is 14.1. The summed E-state index contributed by atoms with van der Waals surface area (Å²) in [6.45, 7) is 8.60. The first-order valence-corrected chi connectivity index (χ1v) is 6.53. The van der Waals surface area contributed by atoms with E-state index in [0.29, 0.717) is 12.4 Å². The SMILES string of the molecule is CC1(C)OB(c2cccc(NCCO)n2)OC1(C)C. The summed E-state index contributed by atoms with van der Waals surface area (Å²) in [4.78, 5) is 4.45. The summed E-state index contributed by atoms with van der Waals surface area (Å²) in [6, 6.07) is 5.63. The summed E-state index contributed by atoms with van der Waals surface area (Å²) in [7, 11) is -0.458. The molecule has 0 bridgehead atoms. The van der Waals surface area contributed by atoms with Gasteiger partial charge < -0.3 is 19.7 Å². The standard InChI is InChI=1S/C13H21BN2O3/c1-12(2)13(3,4)19-14(18-12)10-6-5-7-11(16-10)15-8-9-17/h5-7,17H,8-9H2,1-4H3,(H,15,16). The van der Waals surface area contributed by atoms with Gasteiger partial charge in [0.15, 0.2) is 0 Å². The molecule has 0 amide bonds. The van der Waals surface area contributed by atoms with Gasteiger partial charge in [-0.25, -0.2) is 4.98 Å². The van der Waals surface area contributed by atoms with Gasteiger partial charge in [0.05, 0.1) is 23.4 Å². The predicted octanol–water partition coefficient (Wildman–Crippen LogP) is 0.785. The second-order valence-corrected chi connectivity index (χ2v) is 5.69. The average molecular weight is 264 g/mol. The summed E-state index contributed by atoms with van der Waals surface area (Å²) in [6.07, 6.45) is 0. The van der Waals surface area contributed by atoms with Gasteiger partial charge in [-0.05, 0) is 39.8 Å². The molecule has 2 heterocycles. The number of hydrogen-bond acceptors (Lipinski definition) is 5. The largest absolute Gasteiger partial charge is 0.514 e. The van der Waals surface area contributed by atoms with E-state index in [4.69, 9.17) is 14.4 Å². The van der Waals surface area contributed by atoms with E-state index in [1.807, 2.05) is 45.9 Å². The van der Waals surface area contributed by atoms with Gasteiger partial charge in [0, 0.05) is 6.54 Å². The number of nitrogens with zero attached hydrogens (tertiary/aromatic N) is 1. The van der Waals surface area contributed by atoms with Crippen molar-refractivity contribution in [2.24, 2.45) is 0 Å². The van der Waals surface area contributed by atoms with Crippen LogP contribution in [0.25, 0.3) is 0 Å². The minimum Gasteiger partial charge on any atom is -0.398 e. The van der Waals surface area contributed by atoms with Gasteiger partial charge in [-0.1, -0.05) is 6.07 Å². The van der Waals surface area contributed by atoms with E-state index in [0.717, 1.165) is 5.59 Å². The fourth-order valence-corrected chi connectivity index (χ4v) is 1.83. The monoisotopic (exact) mass is 264 g/mol. The molecule has 1 aliphatic rings. The number of hydrogen-bond donors (Lipinski definition) is 2. The van der Waals surface area contributed by atoms with Crippen LogP contribution in [0.2, 0.25) is 0 Å². The molecule has 0 unspecified atom stereocenters. The Morgan fingerprint density at radius 2 is 1.84 bits per heavy atom. The lowest BCUT2D eigenvalue weighted by Gasteiger charge is -2.32. The lowest BCUT2D eigenvalue weighted by Crippen LogP contribution is -2.41. The molecule has 0 aromatic carbocycles. The Morgan fingerprint density at radius 3 is 2.42 bits per heavy atom. The molecule has 19 heavy (non-hydrogen) atoms. The maximum absolute atomic E-state index is 8.81. The van der Waals surface area contributed by atoms with Crippen LogP contribution in [0.5, 0.6) is 0 Å². The van der Waals surface area contributed by atoms with Crippen molar-refractivity contribution in [3.63, 3.8) is 0 Å². The third-order valence-electron chi connectivity index (χ3n) is 3.68. The van der Waals surface area contributed by atoms with Gasteiger partial charge in [-0.3, -0.25) is 0 Å². The van der Waals surface area contributed by atoms with Crippen LogP contribution < -0.4 is 10.9 Å². The van der Waals surface area contributed by atoms with E-state index in [1.165, 1.54) is 0 Å². The summed E-state index contributed by atoms with van der Waals surface area (Å²) in [5, 5.41) is 11.8. The first-order valence-electron chi connectivity index (χ1n) is 6.53. The molecule has 1 saturated heterocycles. The highest BCUT2D eigenvalue weighted by atomic mass is 16.7. The van der Waals surface area contributed by atoms with Crippen LogP contribution in [0.1, 0.15) is 27.7 Å². The van der Waals surface area contributed by atoms with E-state index in [-0.39, 0.29) is 17.8 Å². The van der Waals surface area contributed by atoms with Crippen LogP contribution in [0.3, 0.4) is 0 Å². The Morgan fingerprint density at radius 1 is 1.21 bits per heavy atom. The highest BCUT2D eigenvalue weighted by molar-refractivity contribution is 6.61. The van der Waals surface area contributed by atoms with Crippen LogP contribution in [0.15, 0.2) is 18.2 Å². The molecule has 5 nitrogen and oxygen atoms in total. The van der Waals surface area contributed by atoms with Gasteiger partial charge in [-0.15, -0.1) is 0 Å². The Hall–Kier alpha value is -1.11. The zero-order valence-corrected chi connectivity index (χ0v) is 11.9. The minimum absolute atomic E-state index is 0.0718. The normalized spacial score (nSPS) is 20.6. The van der Waals surface area contributed by atoms with Crippen molar-refractivity contribution in [1.29, 1.82) is 0 Å². The number of rotatable bonds is 4. The molecule has 2 rings (SSSR count). The third-order valence-corrected chi connectivity index (χ3v) is 3.68. The summed E-state index contributed by atoms with van der Waals surface area (Å²) in [5.74, 6) is 0.710. The van der Waals surface area contributed by atoms with Crippen molar-refractivity contribution in [2.45, 2.75) is 38.9 Å². The molecular formula is C13H21BN2O3. The minimum atomic E-state index is -0.458. The van der Waals surface area contributed by atoms with E-state index in [1.54, 1.807) is 0 Å². The molecule has 0 saturated carbocycles. The van der Waals surface area contributed by atoms with Crippen molar-refractivity contribution in [3.8, 4) is 0 Å². The molecule has 0 atom stereocenters. The molecule has 0 aliphatic carbocycles. The number of pyridine rings is 1. The van der Waals surface area contributed by atoms with Crippen molar-refractivity contribution < 1.29 is 14.4 Å². The molecule has 1 aromatic rings. The van der Waals surface area contributed by atoms with Gasteiger partial charge >= 0.3 is 7.12 Å². The maximum Gasteiger partial charge on any atom is 0.514 e. The van der Waals surface area contributed by atoms with Crippen molar-refractivity contribution >= 4 is 18.5 Å². The third kappa shape index (κ3) is 2.91. The molecule has 0 spiro atoms. The quantitative estimate of drug-likeness (QED) is 0.787. The molecule has 104 valence electrons. The average Bonchev–Trinajstić information content (AvgIpc) is 2.56. The molecule has 2 N–H and O–H groups in total. The Balaban J connectivity index is 2.15. The number of aliphatic hydroxyl groups excluding tert-OH is 1. The summed E-state index contributed by atoms with van der Waals surface area (Å²) < 4.78 is 11.9. The van der Waals surface area contributed by atoms with E-state index < -0.39 is 7.12 Å². The van der Waals surface area contributed by atoms with Crippen molar-refractivity contribution in [3.05, 3.63) is 18.2 Å². The lowest BCUT2D eigenvalue weighted by molar-refractivity contribution is 0.00578. The highest BCUT2D eigenvalue weighted by Crippen LogP contribution is 2.36. The summed E-state index contributed by atoms with van der Waals surface area (Å²) >= 11 is 0. The second-order valence-electron chi connectivity index (χ2n) is 5.69. The van der Waals surface area contributed by atoms with Gasteiger partial charge in [0.25, 0.3) is 0 Å². The topological polar surface area (TPSA) is 63.6 Å². The fraction of sp³-hybridized carbons (Fsp3) is 0.615. The Labute approximate surface area is 114 Å². The fourth-order valence-electron chi connectivity index (χ4n) is 1.83. The molecule has 1 aromatic heterocycles. The van der Waals surface area contributed by atoms with E-state index in [2.05, 4.69) is 10.3 Å². The maximum atomic E-state index is 8.81. The number of nitrogens with one attached hydrogen (secondary N) is 1. The molecule has 1 aliphatic heterocycles.